The Morgan fingerprint density at radius 3 is 2.47 bits per heavy atom. The Hall–Kier alpha value is -0.780. The van der Waals surface area contributed by atoms with Crippen LogP contribution in [0.25, 0.3) is 0 Å². The lowest BCUT2D eigenvalue weighted by Gasteiger charge is -2.32. The minimum Gasteiger partial charge on any atom is -0.0622 e. The first-order valence-corrected chi connectivity index (χ1v) is 7.27. The van der Waals surface area contributed by atoms with Crippen molar-refractivity contribution in [2.75, 3.05) is 0 Å². The Morgan fingerprint density at radius 2 is 1.76 bits per heavy atom. The highest BCUT2D eigenvalue weighted by Crippen LogP contribution is 2.56. The van der Waals surface area contributed by atoms with Crippen LogP contribution < -0.4 is 0 Å². The third-order valence-corrected chi connectivity index (χ3v) is 5.73. The molecule has 0 bridgehead atoms. The summed E-state index contributed by atoms with van der Waals surface area (Å²) in [6.45, 7) is 5.01. The van der Waals surface area contributed by atoms with E-state index in [0.717, 1.165) is 17.8 Å². The SMILES string of the molecule is CC1C2CCCCC2CC1(C)c1ccccc1. The largest absolute Gasteiger partial charge is 0.0622 e. The van der Waals surface area contributed by atoms with Crippen LogP contribution in [0.3, 0.4) is 0 Å². The highest BCUT2D eigenvalue weighted by Gasteiger charge is 2.49. The van der Waals surface area contributed by atoms with E-state index in [2.05, 4.69) is 44.2 Å². The van der Waals surface area contributed by atoms with E-state index in [0.29, 0.717) is 5.41 Å². The Bertz CT molecular complexity index is 380. The van der Waals surface area contributed by atoms with E-state index in [1.165, 1.54) is 32.1 Å². The number of benzene rings is 1. The molecule has 17 heavy (non-hydrogen) atoms. The lowest BCUT2D eigenvalue weighted by atomic mass is 9.72. The summed E-state index contributed by atoms with van der Waals surface area (Å²) in [6.07, 6.45) is 7.32. The van der Waals surface area contributed by atoms with Gasteiger partial charge in [-0.05, 0) is 41.6 Å². The van der Waals surface area contributed by atoms with Crippen molar-refractivity contribution in [1.29, 1.82) is 0 Å². The van der Waals surface area contributed by atoms with Crippen LogP contribution in [0.2, 0.25) is 0 Å². The second kappa shape index (κ2) is 4.15. The summed E-state index contributed by atoms with van der Waals surface area (Å²) in [5.74, 6) is 2.85. The molecule has 92 valence electrons. The van der Waals surface area contributed by atoms with Gasteiger partial charge in [-0.15, -0.1) is 0 Å². The van der Waals surface area contributed by atoms with Gasteiger partial charge in [0.15, 0.2) is 0 Å². The topological polar surface area (TPSA) is 0 Å². The van der Waals surface area contributed by atoms with Crippen molar-refractivity contribution >= 4 is 0 Å². The molecule has 4 atom stereocenters. The predicted octanol–water partition coefficient (Wildman–Crippen LogP) is 4.79. The Balaban J connectivity index is 1.93. The standard InChI is InChI=1S/C17H24/c1-13-16-11-7-6-8-14(16)12-17(13,2)15-9-4-3-5-10-15/h3-5,9-10,13-14,16H,6-8,11-12H2,1-2H3. The summed E-state index contributed by atoms with van der Waals surface area (Å²) in [6, 6.07) is 11.2. The van der Waals surface area contributed by atoms with Crippen molar-refractivity contribution in [2.24, 2.45) is 17.8 Å². The Kier molecular flexibility index (Phi) is 2.77. The molecule has 1 aromatic carbocycles. The van der Waals surface area contributed by atoms with E-state index in [-0.39, 0.29) is 0 Å². The van der Waals surface area contributed by atoms with Crippen LogP contribution in [0, 0.1) is 17.8 Å². The molecule has 0 spiro atoms. The number of rotatable bonds is 1. The predicted molar refractivity (Wildman–Crippen MR) is 73.0 cm³/mol. The van der Waals surface area contributed by atoms with Crippen molar-refractivity contribution in [2.45, 2.75) is 51.4 Å². The first kappa shape index (κ1) is 11.3. The zero-order valence-electron chi connectivity index (χ0n) is 11.2. The van der Waals surface area contributed by atoms with Crippen molar-refractivity contribution < 1.29 is 0 Å². The summed E-state index contributed by atoms with van der Waals surface area (Å²) in [4.78, 5) is 0. The van der Waals surface area contributed by atoms with Gasteiger partial charge in [0.05, 0.1) is 0 Å². The third-order valence-electron chi connectivity index (χ3n) is 5.73. The van der Waals surface area contributed by atoms with E-state index >= 15 is 0 Å². The van der Waals surface area contributed by atoms with Gasteiger partial charge < -0.3 is 0 Å². The minimum absolute atomic E-state index is 0.431. The lowest BCUT2D eigenvalue weighted by molar-refractivity contribution is 0.226. The molecule has 0 nitrogen and oxygen atoms in total. The van der Waals surface area contributed by atoms with E-state index in [9.17, 15) is 0 Å². The third kappa shape index (κ3) is 1.73. The molecule has 2 fully saturated rings. The molecule has 0 amide bonds. The number of hydrogen-bond donors (Lipinski definition) is 0. The van der Waals surface area contributed by atoms with Gasteiger partial charge in [0.2, 0.25) is 0 Å². The molecule has 0 aliphatic heterocycles. The van der Waals surface area contributed by atoms with Gasteiger partial charge in [0.1, 0.15) is 0 Å². The number of hydrogen-bond acceptors (Lipinski definition) is 0. The molecular formula is C17H24. The van der Waals surface area contributed by atoms with Crippen LogP contribution in [0.4, 0.5) is 0 Å². The van der Waals surface area contributed by atoms with E-state index in [4.69, 9.17) is 0 Å². The molecule has 0 heterocycles. The fourth-order valence-corrected chi connectivity index (χ4v) is 4.55. The van der Waals surface area contributed by atoms with Gasteiger partial charge in [0, 0.05) is 0 Å². The minimum atomic E-state index is 0.431. The van der Waals surface area contributed by atoms with E-state index in [1.54, 1.807) is 5.56 Å². The van der Waals surface area contributed by atoms with Gasteiger partial charge in [-0.25, -0.2) is 0 Å². The number of fused-ring (bicyclic) bond motifs is 1. The van der Waals surface area contributed by atoms with Crippen LogP contribution in [0.5, 0.6) is 0 Å². The quantitative estimate of drug-likeness (QED) is 0.648. The smallest absolute Gasteiger partial charge is 0.00442 e. The molecule has 0 radical (unpaired) electrons. The van der Waals surface area contributed by atoms with E-state index in [1.807, 2.05) is 0 Å². The van der Waals surface area contributed by atoms with Crippen LogP contribution in [0.1, 0.15) is 51.5 Å². The van der Waals surface area contributed by atoms with Crippen molar-refractivity contribution in [3.63, 3.8) is 0 Å². The molecule has 4 unspecified atom stereocenters. The second-order valence-corrected chi connectivity index (χ2v) is 6.48. The van der Waals surface area contributed by atoms with Crippen molar-refractivity contribution in [3.8, 4) is 0 Å². The molecule has 2 aliphatic rings. The maximum absolute atomic E-state index is 2.51. The van der Waals surface area contributed by atoms with Gasteiger partial charge in [0.25, 0.3) is 0 Å². The fraction of sp³-hybridized carbons (Fsp3) is 0.647. The lowest BCUT2D eigenvalue weighted by Crippen LogP contribution is -2.27. The Labute approximate surface area is 105 Å². The van der Waals surface area contributed by atoms with Crippen LogP contribution >= 0.6 is 0 Å². The Morgan fingerprint density at radius 1 is 1.06 bits per heavy atom. The molecule has 0 heteroatoms. The summed E-state index contributed by atoms with van der Waals surface area (Å²) < 4.78 is 0. The van der Waals surface area contributed by atoms with Gasteiger partial charge in [-0.3, -0.25) is 0 Å². The first-order chi connectivity index (χ1) is 8.22. The highest BCUT2D eigenvalue weighted by molar-refractivity contribution is 5.28. The van der Waals surface area contributed by atoms with Crippen molar-refractivity contribution in [3.05, 3.63) is 35.9 Å². The maximum atomic E-state index is 2.51. The monoisotopic (exact) mass is 228 g/mol. The van der Waals surface area contributed by atoms with E-state index < -0.39 is 0 Å². The molecule has 1 aromatic rings. The molecule has 0 aromatic heterocycles. The van der Waals surface area contributed by atoms with Crippen LogP contribution in [-0.4, -0.2) is 0 Å². The van der Waals surface area contributed by atoms with Crippen LogP contribution in [0.15, 0.2) is 30.3 Å². The second-order valence-electron chi connectivity index (χ2n) is 6.48. The molecular weight excluding hydrogens is 204 g/mol. The average Bonchev–Trinajstić information content (AvgIpc) is 2.65. The maximum Gasteiger partial charge on any atom is -0.00442 e. The summed E-state index contributed by atoms with van der Waals surface area (Å²) in [5, 5.41) is 0. The molecule has 0 saturated heterocycles. The van der Waals surface area contributed by atoms with Gasteiger partial charge >= 0.3 is 0 Å². The summed E-state index contributed by atoms with van der Waals surface area (Å²) in [5.41, 5.74) is 2.00. The van der Waals surface area contributed by atoms with Crippen LogP contribution in [-0.2, 0) is 5.41 Å². The van der Waals surface area contributed by atoms with Gasteiger partial charge in [-0.1, -0.05) is 63.4 Å². The summed E-state index contributed by atoms with van der Waals surface area (Å²) >= 11 is 0. The van der Waals surface area contributed by atoms with Gasteiger partial charge in [-0.2, -0.15) is 0 Å². The molecule has 2 aliphatic carbocycles. The zero-order valence-corrected chi connectivity index (χ0v) is 11.2. The molecule has 3 rings (SSSR count). The normalized spacial score (nSPS) is 41.2. The van der Waals surface area contributed by atoms with Crippen molar-refractivity contribution in [1.82, 2.24) is 0 Å². The zero-order chi connectivity index (χ0) is 11.9. The average molecular weight is 228 g/mol. The summed E-state index contributed by atoms with van der Waals surface area (Å²) in [7, 11) is 0. The fourth-order valence-electron chi connectivity index (χ4n) is 4.55. The first-order valence-electron chi connectivity index (χ1n) is 7.27. The molecule has 2 saturated carbocycles. The highest BCUT2D eigenvalue weighted by atomic mass is 14.5. The molecule has 0 N–H and O–H groups in total.